The average Bonchev–Trinajstić information content (AvgIpc) is 2.61. The SMILES string of the molecule is COCCNS(=O)(=O)c1ccc(CNC(=O)C2CCCNC2)cc1.Cl. The third-order valence-corrected chi connectivity index (χ3v) is 5.44. The lowest BCUT2D eigenvalue weighted by Gasteiger charge is -2.21. The van der Waals surface area contributed by atoms with Crippen LogP contribution in [0.25, 0.3) is 0 Å². The van der Waals surface area contributed by atoms with Gasteiger partial charge in [-0.25, -0.2) is 13.1 Å². The first-order valence-electron chi connectivity index (χ1n) is 8.09. The van der Waals surface area contributed by atoms with Gasteiger partial charge in [-0.15, -0.1) is 12.4 Å². The first kappa shape index (κ1) is 21.9. The second-order valence-corrected chi connectivity index (χ2v) is 7.56. The zero-order valence-electron chi connectivity index (χ0n) is 14.3. The highest BCUT2D eigenvalue weighted by Crippen LogP contribution is 2.12. The van der Waals surface area contributed by atoms with Gasteiger partial charge in [-0.05, 0) is 37.1 Å². The van der Waals surface area contributed by atoms with Crippen LogP contribution in [0.1, 0.15) is 18.4 Å². The van der Waals surface area contributed by atoms with Gasteiger partial charge >= 0.3 is 0 Å². The number of benzene rings is 1. The number of carbonyl (C=O) groups excluding carboxylic acids is 1. The van der Waals surface area contributed by atoms with Crippen LogP contribution in [0.4, 0.5) is 0 Å². The fourth-order valence-corrected chi connectivity index (χ4v) is 3.57. The lowest BCUT2D eigenvalue weighted by Crippen LogP contribution is -2.40. The fourth-order valence-electron chi connectivity index (χ4n) is 2.56. The van der Waals surface area contributed by atoms with Crippen LogP contribution in [0, 0.1) is 5.92 Å². The largest absolute Gasteiger partial charge is 0.383 e. The Morgan fingerprint density at radius 2 is 2.04 bits per heavy atom. The number of carbonyl (C=O) groups is 1. The zero-order chi connectivity index (χ0) is 17.4. The molecular weight excluding hydrogens is 366 g/mol. The van der Waals surface area contributed by atoms with Gasteiger partial charge in [0.25, 0.3) is 0 Å². The van der Waals surface area contributed by atoms with Crippen LogP contribution >= 0.6 is 12.4 Å². The number of piperidine rings is 1. The molecule has 0 saturated carbocycles. The number of amides is 1. The molecule has 2 rings (SSSR count). The summed E-state index contributed by atoms with van der Waals surface area (Å²) in [7, 11) is -2.01. The Hall–Kier alpha value is -1.19. The molecule has 9 heteroatoms. The van der Waals surface area contributed by atoms with Crippen molar-refractivity contribution in [2.45, 2.75) is 24.3 Å². The molecule has 1 aliphatic rings. The smallest absolute Gasteiger partial charge is 0.240 e. The molecule has 0 spiro atoms. The summed E-state index contributed by atoms with van der Waals surface area (Å²) in [4.78, 5) is 12.3. The molecule has 1 saturated heterocycles. The van der Waals surface area contributed by atoms with Crippen molar-refractivity contribution in [1.29, 1.82) is 0 Å². The summed E-state index contributed by atoms with van der Waals surface area (Å²) in [5, 5.41) is 6.12. The molecular formula is C16H26ClN3O4S. The highest BCUT2D eigenvalue weighted by atomic mass is 35.5. The summed E-state index contributed by atoms with van der Waals surface area (Å²) < 4.78 is 31.4. The van der Waals surface area contributed by atoms with Gasteiger partial charge in [0.2, 0.25) is 15.9 Å². The number of hydrogen-bond donors (Lipinski definition) is 3. The fraction of sp³-hybridized carbons (Fsp3) is 0.562. The molecule has 1 atom stereocenters. The van der Waals surface area contributed by atoms with E-state index < -0.39 is 10.0 Å². The van der Waals surface area contributed by atoms with E-state index in [-0.39, 0.29) is 35.7 Å². The van der Waals surface area contributed by atoms with Crippen LogP contribution in [0.15, 0.2) is 29.2 Å². The summed E-state index contributed by atoms with van der Waals surface area (Å²) in [5.41, 5.74) is 0.864. The average molecular weight is 392 g/mol. The van der Waals surface area contributed by atoms with Gasteiger partial charge in [-0.1, -0.05) is 12.1 Å². The Bertz CT molecular complexity index is 631. The van der Waals surface area contributed by atoms with E-state index in [1.165, 1.54) is 7.11 Å². The maximum absolute atomic E-state index is 12.1. The Kier molecular flexibility index (Phi) is 9.37. The summed E-state index contributed by atoms with van der Waals surface area (Å²) >= 11 is 0. The molecule has 25 heavy (non-hydrogen) atoms. The van der Waals surface area contributed by atoms with Gasteiger partial charge in [0, 0.05) is 26.7 Å². The van der Waals surface area contributed by atoms with Crippen molar-refractivity contribution < 1.29 is 17.9 Å². The number of nitrogens with one attached hydrogen (secondary N) is 3. The summed E-state index contributed by atoms with van der Waals surface area (Å²) in [6.07, 6.45) is 1.92. The highest BCUT2D eigenvalue weighted by molar-refractivity contribution is 7.89. The van der Waals surface area contributed by atoms with E-state index in [0.717, 1.165) is 31.5 Å². The molecule has 1 fully saturated rings. The maximum atomic E-state index is 12.1. The Morgan fingerprint density at radius 1 is 1.32 bits per heavy atom. The Morgan fingerprint density at radius 3 is 2.64 bits per heavy atom. The third-order valence-electron chi connectivity index (χ3n) is 3.97. The quantitative estimate of drug-likeness (QED) is 0.565. The Balaban J connectivity index is 0.00000312. The molecule has 0 radical (unpaired) electrons. The minimum Gasteiger partial charge on any atom is -0.383 e. The summed E-state index contributed by atoms with van der Waals surface area (Å²) in [5.74, 6) is 0.0588. The van der Waals surface area contributed by atoms with Crippen molar-refractivity contribution in [3.8, 4) is 0 Å². The predicted molar refractivity (Wildman–Crippen MR) is 98.2 cm³/mol. The highest BCUT2D eigenvalue weighted by Gasteiger charge is 2.20. The molecule has 1 heterocycles. The van der Waals surface area contributed by atoms with E-state index in [9.17, 15) is 13.2 Å². The van der Waals surface area contributed by atoms with Gasteiger partial charge in [0.15, 0.2) is 0 Å². The van der Waals surface area contributed by atoms with Crippen molar-refractivity contribution >= 4 is 28.3 Å². The van der Waals surface area contributed by atoms with Gasteiger partial charge in [0.1, 0.15) is 0 Å². The lowest BCUT2D eigenvalue weighted by atomic mass is 9.99. The predicted octanol–water partition coefficient (Wildman–Crippen LogP) is 0.649. The normalized spacial score (nSPS) is 17.6. The molecule has 1 aliphatic heterocycles. The van der Waals surface area contributed by atoms with Crippen molar-refractivity contribution in [2.24, 2.45) is 5.92 Å². The van der Waals surface area contributed by atoms with Crippen LogP contribution in [-0.2, 0) is 26.1 Å². The van der Waals surface area contributed by atoms with Crippen LogP contribution in [-0.4, -0.2) is 47.7 Å². The van der Waals surface area contributed by atoms with Gasteiger partial charge in [-0.2, -0.15) is 0 Å². The molecule has 1 aromatic rings. The topological polar surface area (TPSA) is 96.5 Å². The van der Waals surface area contributed by atoms with Crippen LogP contribution in [0.3, 0.4) is 0 Å². The molecule has 0 aromatic heterocycles. The zero-order valence-corrected chi connectivity index (χ0v) is 15.9. The van der Waals surface area contributed by atoms with Crippen molar-refractivity contribution in [2.75, 3.05) is 33.4 Å². The van der Waals surface area contributed by atoms with Gasteiger partial charge < -0.3 is 15.4 Å². The van der Waals surface area contributed by atoms with Crippen molar-refractivity contribution in [1.82, 2.24) is 15.4 Å². The number of methoxy groups -OCH3 is 1. The number of sulfonamides is 1. The van der Waals surface area contributed by atoms with E-state index in [0.29, 0.717) is 13.2 Å². The molecule has 0 bridgehead atoms. The van der Waals surface area contributed by atoms with Crippen molar-refractivity contribution in [3.05, 3.63) is 29.8 Å². The van der Waals surface area contributed by atoms with E-state index in [4.69, 9.17) is 4.74 Å². The van der Waals surface area contributed by atoms with E-state index in [1.54, 1.807) is 24.3 Å². The van der Waals surface area contributed by atoms with Gasteiger partial charge in [-0.3, -0.25) is 4.79 Å². The number of hydrogen-bond acceptors (Lipinski definition) is 5. The molecule has 1 amide bonds. The maximum Gasteiger partial charge on any atom is 0.240 e. The first-order chi connectivity index (χ1) is 11.5. The van der Waals surface area contributed by atoms with Crippen LogP contribution < -0.4 is 15.4 Å². The van der Waals surface area contributed by atoms with E-state index >= 15 is 0 Å². The summed E-state index contributed by atoms with van der Waals surface area (Å²) in [6.45, 7) is 2.63. The second-order valence-electron chi connectivity index (χ2n) is 5.80. The Labute approximate surface area is 155 Å². The monoisotopic (exact) mass is 391 g/mol. The number of rotatable bonds is 8. The number of halogens is 1. The molecule has 1 aromatic carbocycles. The van der Waals surface area contributed by atoms with Crippen molar-refractivity contribution in [3.63, 3.8) is 0 Å². The minimum atomic E-state index is -3.52. The van der Waals surface area contributed by atoms with E-state index in [1.807, 2.05) is 0 Å². The first-order valence-corrected chi connectivity index (χ1v) is 9.57. The lowest BCUT2D eigenvalue weighted by molar-refractivity contribution is -0.125. The standard InChI is InChI=1S/C16H25N3O4S.ClH/c1-23-10-9-19-24(21,22)15-6-4-13(5-7-15)11-18-16(20)14-3-2-8-17-12-14;/h4-7,14,17,19H,2-3,8-12H2,1H3,(H,18,20);1H. The van der Waals surface area contributed by atoms with Gasteiger partial charge in [0.05, 0.1) is 17.4 Å². The molecule has 3 N–H and O–H groups in total. The van der Waals surface area contributed by atoms with Crippen LogP contribution in [0.5, 0.6) is 0 Å². The van der Waals surface area contributed by atoms with Crippen LogP contribution in [0.2, 0.25) is 0 Å². The molecule has 0 aliphatic carbocycles. The number of ether oxygens (including phenoxy) is 1. The third kappa shape index (κ3) is 6.91. The summed E-state index contributed by atoms with van der Waals surface area (Å²) in [6, 6.07) is 6.51. The molecule has 7 nitrogen and oxygen atoms in total. The second kappa shape index (κ2) is 10.7. The molecule has 1 unspecified atom stereocenters. The minimum absolute atomic E-state index is 0. The van der Waals surface area contributed by atoms with E-state index in [2.05, 4.69) is 15.4 Å². The molecule has 142 valence electrons.